The van der Waals surface area contributed by atoms with E-state index in [-0.39, 0.29) is 23.6 Å². The number of aromatic nitrogens is 2. The van der Waals surface area contributed by atoms with E-state index in [4.69, 9.17) is 4.74 Å². The highest BCUT2D eigenvalue weighted by Gasteiger charge is 2.45. The Balaban J connectivity index is 1.28. The predicted molar refractivity (Wildman–Crippen MR) is 148 cm³/mol. The average Bonchev–Trinajstić information content (AvgIpc) is 3.46. The molecule has 0 radical (unpaired) electrons. The summed E-state index contributed by atoms with van der Waals surface area (Å²) in [6, 6.07) is 16.2. The van der Waals surface area contributed by atoms with Gasteiger partial charge in [0.05, 0.1) is 18.5 Å². The zero-order valence-corrected chi connectivity index (χ0v) is 22.5. The van der Waals surface area contributed by atoms with E-state index in [1.54, 1.807) is 12.5 Å². The Hall–Kier alpha value is -3.16. The van der Waals surface area contributed by atoms with Crippen molar-refractivity contribution in [2.24, 2.45) is 0 Å². The van der Waals surface area contributed by atoms with E-state index in [1.165, 1.54) is 17.5 Å². The molecule has 1 spiro atoms. The minimum absolute atomic E-state index is 0.0182. The molecule has 7 nitrogen and oxygen atoms in total. The smallest absolute Gasteiger partial charge is 0.222 e. The summed E-state index contributed by atoms with van der Waals surface area (Å²) >= 11 is 0. The van der Waals surface area contributed by atoms with Crippen molar-refractivity contribution in [2.45, 2.75) is 88.6 Å². The predicted octanol–water partition coefficient (Wildman–Crippen LogP) is 4.52. The van der Waals surface area contributed by atoms with Crippen molar-refractivity contribution in [2.75, 3.05) is 6.54 Å². The van der Waals surface area contributed by atoms with Gasteiger partial charge in [0.1, 0.15) is 11.4 Å². The van der Waals surface area contributed by atoms with Crippen LogP contribution in [0.3, 0.4) is 0 Å². The second kappa shape index (κ2) is 11.7. The molecular formula is C31H40N4O3. The number of aliphatic hydroxyl groups excluding tert-OH is 1. The normalized spacial score (nSPS) is 20.0. The molecule has 0 bridgehead atoms. The van der Waals surface area contributed by atoms with Gasteiger partial charge in [-0.15, -0.1) is 0 Å². The van der Waals surface area contributed by atoms with Crippen LogP contribution in [0.15, 0.2) is 67.3 Å². The molecule has 2 heterocycles. The van der Waals surface area contributed by atoms with E-state index in [1.807, 2.05) is 48.0 Å². The maximum atomic E-state index is 13.0. The van der Waals surface area contributed by atoms with Crippen LogP contribution in [-0.4, -0.2) is 44.9 Å². The first kappa shape index (κ1) is 26.4. The number of fused-ring (bicyclic) bond motifs is 1. The number of nitrogens with zero attached hydrogens (tertiary/aromatic N) is 2. The van der Waals surface area contributed by atoms with E-state index in [2.05, 4.69) is 40.7 Å². The topological polar surface area (TPSA) is 88.4 Å². The number of aryl methyl sites for hydroxylation is 1. The van der Waals surface area contributed by atoms with E-state index in [0.717, 1.165) is 37.0 Å². The molecule has 1 fully saturated rings. The first-order chi connectivity index (χ1) is 18.4. The number of amides is 1. The van der Waals surface area contributed by atoms with Gasteiger partial charge in [0.2, 0.25) is 5.91 Å². The number of aliphatic hydroxyl groups is 1. The number of ether oxygens (including phenoxy) is 1. The first-order valence-electron chi connectivity index (χ1n) is 14.0. The van der Waals surface area contributed by atoms with E-state index >= 15 is 0 Å². The largest absolute Gasteiger partial charge is 0.487 e. The highest BCUT2D eigenvalue weighted by Crippen LogP contribution is 2.49. The van der Waals surface area contributed by atoms with Crippen LogP contribution in [0.2, 0.25) is 0 Å². The Morgan fingerprint density at radius 3 is 2.71 bits per heavy atom. The zero-order valence-electron chi connectivity index (χ0n) is 22.5. The Morgan fingerprint density at radius 1 is 1.21 bits per heavy atom. The third-order valence-electron chi connectivity index (χ3n) is 8.22. The van der Waals surface area contributed by atoms with Gasteiger partial charge in [-0.05, 0) is 56.2 Å². The summed E-state index contributed by atoms with van der Waals surface area (Å²) in [7, 11) is 0. The summed E-state index contributed by atoms with van der Waals surface area (Å²) in [5.41, 5.74) is 3.44. The third-order valence-corrected chi connectivity index (χ3v) is 8.22. The Morgan fingerprint density at radius 2 is 2.03 bits per heavy atom. The van der Waals surface area contributed by atoms with Crippen molar-refractivity contribution in [3.63, 3.8) is 0 Å². The fraction of sp³-hybridized carbons (Fsp3) is 0.484. The second-order valence-corrected chi connectivity index (χ2v) is 11.0. The van der Waals surface area contributed by atoms with Crippen LogP contribution in [-0.2, 0) is 17.6 Å². The Labute approximate surface area is 225 Å². The zero-order chi connectivity index (χ0) is 26.5. The molecule has 202 valence electrons. The molecule has 7 heteroatoms. The average molecular weight is 517 g/mol. The molecule has 1 aromatic heterocycles. The monoisotopic (exact) mass is 516 g/mol. The quantitative estimate of drug-likeness (QED) is 0.349. The summed E-state index contributed by atoms with van der Waals surface area (Å²) in [6.45, 7) is 4.54. The van der Waals surface area contributed by atoms with Gasteiger partial charge in [-0.2, -0.15) is 0 Å². The fourth-order valence-corrected chi connectivity index (χ4v) is 5.73. The minimum Gasteiger partial charge on any atom is -0.487 e. The maximum Gasteiger partial charge on any atom is 0.222 e. The fourth-order valence-electron chi connectivity index (χ4n) is 5.73. The summed E-state index contributed by atoms with van der Waals surface area (Å²) in [5, 5.41) is 18.2. The maximum absolute atomic E-state index is 13.0. The van der Waals surface area contributed by atoms with Gasteiger partial charge >= 0.3 is 0 Å². The number of benzene rings is 2. The number of carbonyl (C=O) groups excluding carboxylic acids is 1. The summed E-state index contributed by atoms with van der Waals surface area (Å²) in [6.07, 6.45) is 10.6. The molecule has 4 atom stereocenters. The number of rotatable bonds is 11. The molecule has 2 aromatic carbocycles. The van der Waals surface area contributed by atoms with Gasteiger partial charge in [-0.3, -0.25) is 4.79 Å². The summed E-state index contributed by atoms with van der Waals surface area (Å²) in [4.78, 5) is 17.1. The van der Waals surface area contributed by atoms with E-state index < -0.39 is 12.1 Å². The number of hydrogen-bond acceptors (Lipinski definition) is 5. The summed E-state index contributed by atoms with van der Waals surface area (Å²) in [5.74, 6) is 0.881. The van der Waals surface area contributed by atoms with Crippen LogP contribution >= 0.6 is 0 Å². The molecule has 1 amide bonds. The molecule has 1 aliphatic carbocycles. The molecule has 0 saturated heterocycles. The lowest BCUT2D eigenvalue weighted by atomic mass is 9.72. The molecule has 5 rings (SSSR count). The molecule has 38 heavy (non-hydrogen) atoms. The molecule has 2 aliphatic rings. The molecule has 1 saturated carbocycles. The lowest BCUT2D eigenvalue weighted by Crippen LogP contribution is -2.52. The molecular weight excluding hydrogens is 476 g/mol. The highest BCUT2D eigenvalue weighted by molar-refractivity contribution is 5.76. The second-order valence-electron chi connectivity index (χ2n) is 11.0. The lowest BCUT2D eigenvalue weighted by molar-refractivity contribution is -0.123. The Bertz CT molecular complexity index is 1190. The van der Waals surface area contributed by atoms with Crippen molar-refractivity contribution < 1.29 is 14.6 Å². The van der Waals surface area contributed by atoms with Crippen LogP contribution in [0.1, 0.15) is 74.7 Å². The number of hydrogen-bond donors (Lipinski definition) is 3. The van der Waals surface area contributed by atoms with Gasteiger partial charge in [0.15, 0.2) is 0 Å². The molecule has 1 aliphatic heterocycles. The van der Waals surface area contributed by atoms with E-state index in [0.29, 0.717) is 19.4 Å². The van der Waals surface area contributed by atoms with Crippen LogP contribution in [0.25, 0.3) is 0 Å². The lowest BCUT2D eigenvalue weighted by Gasteiger charge is -2.48. The number of carbonyl (C=O) groups is 1. The van der Waals surface area contributed by atoms with Gasteiger partial charge in [-0.25, -0.2) is 4.98 Å². The van der Waals surface area contributed by atoms with Gasteiger partial charge in [0, 0.05) is 49.4 Å². The van der Waals surface area contributed by atoms with Crippen molar-refractivity contribution in [1.82, 2.24) is 20.2 Å². The highest BCUT2D eigenvalue weighted by atomic mass is 16.5. The van der Waals surface area contributed by atoms with Gasteiger partial charge < -0.3 is 25.0 Å². The van der Waals surface area contributed by atoms with Gasteiger partial charge in [0.25, 0.3) is 0 Å². The van der Waals surface area contributed by atoms with Crippen LogP contribution in [0.4, 0.5) is 0 Å². The number of imidazole rings is 1. The van der Waals surface area contributed by atoms with Crippen LogP contribution in [0.5, 0.6) is 5.75 Å². The molecule has 3 aromatic rings. The van der Waals surface area contributed by atoms with Crippen molar-refractivity contribution in [1.29, 1.82) is 0 Å². The van der Waals surface area contributed by atoms with Crippen molar-refractivity contribution in [3.05, 3.63) is 83.9 Å². The first-order valence-corrected chi connectivity index (χ1v) is 14.0. The van der Waals surface area contributed by atoms with Crippen LogP contribution in [0, 0.1) is 0 Å². The Kier molecular flexibility index (Phi) is 8.15. The standard InChI is InChI=1S/C31H40N4O3/c1-3-23-10-11-29-25(17-23)27(19-31(38-29)12-7-13-31)33-20-28(36)26(18-24-8-5-4-6-9-24)34-30(37)16-22(2)35-15-14-32-21-35/h4-6,8-11,14-15,17,21-22,26-28,33,36H,3,7,12-13,16,18-20H2,1-2H3,(H,34,37)/t22?,26-,27-,28+/m0/s1. The number of nitrogens with one attached hydrogen (secondary N) is 2. The summed E-state index contributed by atoms with van der Waals surface area (Å²) < 4.78 is 8.40. The van der Waals surface area contributed by atoms with Crippen molar-refractivity contribution in [3.8, 4) is 5.75 Å². The molecule has 1 unspecified atom stereocenters. The minimum atomic E-state index is -0.749. The van der Waals surface area contributed by atoms with Gasteiger partial charge in [-0.1, -0.05) is 49.4 Å². The molecule has 3 N–H and O–H groups in total. The SMILES string of the molecule is CCc1ccc2c(c1)[C@@H](NC[C@@H](O)[C@H](Cc1ccccc1)NC(=O)CC(C)n1ccnc1)CC1(CCC1)O2. The van der Waals surface area contributed by atoms with E-state index in [9.17, 15) is 9.90 Å². The third kappa shape index (κ3) is 6.11. The van der Waals surface area contributed by atoms with Crippen molar-refractivity contribution >= 4 is 5.91 Å². The van der Waals surface area contributed by atoms with Crippen LogP contribution < -0.4 is 15.4 Å².